The van der Waals surface area contributed by atoms with Crippen LogP contribution in [-0.2, 0) is 16.0 Å². The first-order valence-electron chi connectivity index (χ1n) is 9.77. The van der Waals surface area contributed by atoms with E-state index in [9.17, 15) is 14.0 Å². The summed E-state index contributed by atoms with van der Waals surface area (Å²) in [7, 11) is 0. The number of hydrogen-bond acceptors (Lipinski definition) is 3. The number of benzene rings is 1. The first-order valence-corrected chi connectivity index (χ1v) is 9.77. The number of urea groups is 1. The molecule has 0 atom stereocenters. The van der Waals surface area contributed by atoms with Gasteiger partial charge in [0.15, 0.2) is 0 Å². The van der Waals surface area contributed by atoms with Gasteiger partial charge in [-0.3, -0.25) is 4.79 Å². The van der Waals surface area contributed by atoms with Crippen molar-refractivity contribution in [2.75, 3.05) is 45.9 Å². The Labute approximate surface area is 159 Å². The van der Waals surface area contributed by atoms with Gasteiger partial charge < -0.3 is 19.9 Å². The number of hydrogen-bond donors (Lipinski definition) is 1. The van der Waals surface area contributed by atoms with Crippen LogP contribution in [0.15, 0.2) is 24.3 Å². The molecule has 27 heavy (non-hydrogen) atoms. The molecule has 2 saturated heterocycles. The highest BCUT2D eigenvalue weighted by atomic mass is 19.1. The largest absolute Gasteiger partial charge is 0.378 e. The van der Waals surface area contributed by atoms with Gasteiger partial charge in [-0.05, 0) is 43.4 Å². The minimum atomic E-state index is -0.231. The number of likely N-dealkylation sites (tertiary alicyclic amines) is 1. The molecular weight excluding hydrogens is 349 g/mol. The van der Waals surface area contributed by atoms with Crippen LogP contribution in [0.2, 0.25) is 0 Å². The average Bonchev–Trinajstić information content (AvgIpc) is 2.71. The van der Waals surface area contributed by atoms with Crippen molar-refractivity contribution < 1.29 is 18.7 Å². The first kappa shape index (κ1) is 19.6. The molecule has 0 aliphatic carbocycles. The fourth-order valence-corrected chi connectivity index (χ4v) is 3.66. The molecule has 0 bridgehead atoms. The number of carbonyl (C=O) groups is 2. The number of amides is 3. The van der Waals surface area contributed by atoms with Gasteiger partial charge in [0.2, 0.25) is 5.91 Å². The molecule has 3 amide bonds. The molecule has 7 heteroatoms. The van der Waals surface area contributed by atoms with Crippen LogP contribution in [0.1, 0.15) is 24.8 Å². The molecule has 148 valence electrons. The van der Waals surface area contributed by atoms with Crippen LogP contribution in [0.3, 0.4) is 0 Å². The van der Waals surface area contributed by atoms with E-state index < -0.39 is 0 Å². The normalized spacial score (nSPS) is 18.4. The van der Waals surface area contributed by atoms with Crippen LogP contribution in [0.25, 0.3) is 0 Å². The fraction of sp³-hybridized carbons (Fsp3) is 0.600. The molecule has 6 nitrogen and oxygen atoms in total. The van der Waals surface area contributed by atoms with E-state index in [1.807, 2.05) is 11.0 Å². The van der Waals surface area contributed by atoms with E-state index in [1.54, 1.807) is 11.0 Å². The summed E-state index contributed by atoms with van der Waals surface area (Å²) in [5.41, 5.74) is 0.937. The smallest absolute Gasteiger partial charge is 0.317 e. The van der Waals surface area contributed by atoms with E-state index in [0.717, 1.165) is 18.4 Å². The van der Waals surface area contributed by atoms with Crippen molar-refractivity contribution in [2.24, 2.45) is 5.92 Å². The van der Waals surface area contributed by atoms with Gasteiger partial charge in [-0.15, -0.1) is 0 Å². The number of ether oxygens (including phenoxy) is 1. The van der Waals surface area contributed by atoms with E-state index in [2.05, 4.69) is 5.32 Å². The molecule has 0 radical (unpaired) electrons. The Morgan fingerprint density at radius 3 is 2.56 bits per heavy atom. The Bertz CT molecular complexity index is 641. The molecule has 0 spiro atoms. The van der Waals surface area contributed by atoms with E-state index in [0.29, 0.717) is 58.8 Å². The predicted octanol–water partition coefficient (Wildman–Crippen LogP) is 2.04. The lowest BCUT2D eigenvalue weighted by atomic mass is 9.95. The Hall–Kier alpha value is -2.15. The number of halogens is 1. The summed E-state index contributed by atoms with van der Waals surface area (Å²) in [6, 6.07) is 6.47. The number of carbonyl (C=O) groups excluding carboxylic acids is 2. The Kier molecular flexibility index (Phi) is 7.04. The van der Waals surface area contributed by atoms with Gasteiger partial charge in [-0.25, -0.2) is 9.18 Å². The number of nitrogens with one attached hydrogen (secondary N) is 1. The SMILES string of the molecule is O=C(NCCCc1cccc(F)c1)N1CCC(C(=O)N2CCOCC2)CC1. The molecule has 0 unspecified atom stereocenters. The van der Waals surface area contributed by atoms with Crippen molar-refractivity contribution in [3.05, 3.63) is 35.6 Å². The maximum atomic E-state index is 13.1. The maximum absolute atomic E-state index is 13.1. The Morgan fingerprint density at radius 1 is 1.11 bits per heavy atom. The van der Waals surface area contributed by atoms with Gasteiger partial charge in [0, 0.05) is 38.6 Å². The molecule has 2 fully saturated rings. The van der Waals surface area contributed by atoms with Crippen molar-refractivity contribution in [2.45, 2.75) is 25.7 Å². The molecule has 2 heterocycles. The molecule has 1 aromatic rings. The number of piperidine rings is 1. The van der Waals surface area contributed by atoms with E-state index in [-0.39, 0.29) is 23.7 Å². The first-order chi connectivity index (χ1) is 13.1. The highest BCUT2D eigenvalue weighted by Gasteiger charge is 2.30. The Balaban J connectivity index is 1.34. The average molecular weight is 377 g/mol. The van der Waals surface area contributed by atoms with Gasteiger partial charge in [-0.2, -0.15) is 0 Å². The topological polar surface area (TPSA) is 61.9 Å². The molecule has 0 aromatic heterocycles. The zero-order chi connectivity index (χ0) is 19.1. The second-order valence-electron chi connectivity index (χ2n) is 7.16. The highest BCUT2D eigenvalue weighted by Crippen LogP contribution is 2.20. The molecular formula is C20H28FN3O3. The quantitative estimate of drug-likeness (QED) is 0.799. The molecule has 2 aliphatic heterocycles. The minimum Gasteiger partial charge on any atom is -0.378 e. The predicted molar refractivity (Wildman–Crippen MR) is 99.8 cm³/mol. The zero-order valence-electron chi connectivity index (χ0n) is 15.7. The third-order valence-electron chi connectivity index (χ3n) is 5.26. The monoisotopic (exact) mass is 377 g/mol. The lowest BCUT2D eigenvalue weighted by Gasteiger charge is -2.35. The number of rotatable bonds is 5. The molecule has 3 rings (SSSR count). The van der Waals surface area contributed by atoms with Crippen LogP contribution < -0.4 is 5.32 Å². The summed E-state index contributed by atoms with van der Waals surface area (Å²) in [4.78, 5) is 28.5. The lowest BCUT2D eigenvalue weighted by Crippen LogP contribution is -2.49. The number of nitrogens with zero attached hydrogens (tertiary/aromatic N) is 2. The summed E-state index contributed by atoms with van der Waals surface area (Å²) in [5, 5.41) is 2.93. The lowest BCUT2D eigenvalue weighted by molar-refractivity contribution is -0.141. The molecule has 1 N–H and O–H groups in total. The maximum Gasteiger partial charge on any atom is 0.317 e. The van der Waals surface area contributed by atoms with Crippen LogP contribution >= 0.6 is 0 Å². The highest BCUT2D eigenvalue weighted by molar-refractivity contribution is 5.80. The number of morpholine rings is 1. The van der Waals surface area contributed by atoms with Crippen LogP contribution in [0.4, 0.5) is 9.18 Å². The van der Waals surface area contributed by atoms with Crippen molar-refractivity contribution in [1.29, 1.82) is 0 Å². The Morgan fingerprint density at radius 2 is 1.85 bits per heavy atom. The van der Waals surface area contributed by atoms with Gasteiger partial charge in [0.25, 0.3) is 0 Å². The van der Waals surface area contributed by atoms with Crippen molar-refractivity contribution in [3.63, 3.8) is 0 Å². The second-order valence-corrected chi connectivity index (χ2v) is 7.16. The summed E-state index contributed by atoms with van der Waals surface area (Å²) in [6.07, 6.45) is 2.93. The van der Waals surface area contributed by atoms with Crippen molar-refractivity contribution in [3.8, 4) is 0 Å². The van der Waals surface area contributed by atoms with E-state index >= 15 is 0 Å². The zero-order valence-corrected chi connectivity index (χ0v) is 15.7. The molecule has 1 aromatic carbocycles. The summed E-state index contributed by atoms with van der Waals surface area (Å²) < 4.78 is 18.4. The minimum absolute atomic E-state index is 0.0140. The summed E-state index contributed by atoms with van der Waals surface area (Å²) in [5.74, 6) is -0.0142. The molecule has 2 aliphatic rings. The second kappa shape index (κ2) is 9.69. The van der Waals surface area contributed by atoms with Crippen molar-refractivity contribution in [1.82, 2.24) is 15.1 Å². The van der Waals surface area contributed by atoms with Gasteiger partial charge >= 0.3 is 6.03 Å². The van der Waals surface area contributed by atoms with Crippen molar-refractivity contribution >= 4 is 11.9 Å². The van der Waals surface area contributed by atoms with Crippen LogP contribution in [-0.4, -0.2) is 67.7 Å². The molecule has 0 saturated carbocycles. The summed E-state index contributed by atoms with van der Waals surface area (Å²) >= 11 is 0. The van der Waals surface area contributed by atoms with E-state index in [1.165, 1.54) is 12.1 Å². The number of aryl methyl sites for hydroxylation is 1. The van der Waals surface area contributed by atoms with Crippen LogP contribution in [0.5, 0.6) is 0 Å². The van der Waals surface area contributed by atoms with Crippen LogP contribution in [0, 0.1) is 11.7 Å². The standard InChI is InChI=1S/C20H28FN3O3/c21-18-5-1-3-16(15-18)4-2-8-22-20(26)24-9-6-17(7-10-24)19(25)23-11-13-27-14-12-23/h1,3,5,15,17H,2,4,6-14H2,(H,22,26). The van der Waals surface area contributed by atoms with Gasteiger partial charge in [0.1, 0.15) is 5.82 Å². The third-order valence-corrected chi connectivity index (χ3v) is 5.26. The van der Waals surface area contributed by atoms with E-state index in [4.69, 9.17) is 4.74 Å². The van der Waals surface area contributed by atoms with Gasteiger partial charge in [0.05, 0.1) is 13.2 Å². The fourth-order valence-electron chi connectivity index (χ4n) is 3.66. The van der Waals surface area contributed by atoms with Gasteiger partial charge in [-0.1, -0.05) is 12.1 Å². The third kappa shape index (κ3) is 5.66. The summed E-state index contributed by atoms with van der Waals surface area (Å²) in [6.45, 7) is 4.34.